The first kappa shape index (κ1) is 14.4. The molecule has 0 aromatic carbocycles. The van der Waals surface area contributed by atoms with Crippen molar-refractivity contribution < 1.29 is 8.42 Å². The van der Waals surface area contributed by atoms with Crippen molar-refractivity contribution in [1.82, 2.24) is 9.29 Å². The van der Waals surface area contributed by atoms with Crippen molar-refractivity contribution in [3.8, 4) is 0 Å². The summed E-state index contributed by atoms with van der Waals surface area (Å²) >= 11 is 0. The molecule has 106 valence electrons. The molecule has 5 nitrogen and oxygen atoms in total. The maximum atomic E-state index is 12.6. The molecule has 0 bridgehead atoms. The number of pyridine rings is 1. The van der Waals surface area contributed by atoms with Crippen LogP contribution in [0.4, 0.5) is 0 Å². The molecule has 0 atom stereocenters. The molecule has 0 spiro atoms. The van der Waals surface area contributed by atoms with Gasteiger partial charge in [0, 0.05) is 25.3 Å². The standard InChI is InChI=1S/C13H21N3O2S/c1-2-16(12-5-3-4-6-12)19(17,18)13-8-7-11(9-14)10-15-13/h7-8,10,12H,2-6,9,14H2,1H3. The van der Waals surface area contributed by atoms with Gasteiger partial charge in [0.15, 0.2) is 5.03 Å². The molecule has 1 aliphatic rings. The number of rotatable bonds is 5. The Balaban J connectivity index is 2.27. The molecule has 0 aliphatic heterocycles. The minimum atomic E-state index is -3.48. The van der Waals surface area contributed by atoms with Crippen molar-refractivity contribution in [3.05, 3.63) is 23.9 Å². The normalized spacial score (nSPS) is 17.2. The van der Waals surface area contributed by atoms with Crippen LogP contribution in [0.5, 0.6) is 0 Å². The summed E-state index contributed by atoms with van der Waals surface area (Å²) in [6.45, 7) is 2.74. The van der Waals surface area contributed by atoms with E-state index in [9.17, 15) is 8.42 Å². The fourth-order valence-corrected chi connectivity index (χ4v) is 4.23. The molecule has 19 heavy (non-hydrogen) atoms. The van der Waals surface area contributed by atoms with Gasteiger partial charge in [-0.05, 0) is 24.5 Å². The minimum absolute atomic E-state index is 0.124. The molecule has 1 heterocycles. The second kappa shape index (κ2) is 5.98. The first-order valence-corrected chi connectivity index (χ1v) is 8.20. The van der Waals surface area contributed by atoms with Crippen molar-refractivity contribution in [2.24, 2.45) is 5.73 Å². The van der Waals surface area contributed by atoms with Crippen LogP contribution in [0.1, 0.15) is 38.2 Å². The van der Waals surface area contributed by atoms with Crippen molar-refractivity contribution >= 4 is 10.0 Å². The van der Waals surface area contributed by atoms with Crippen LogP contribution in [0.15, 0.2) is 23.4 Å². The molecular weight excluding hydrogens is 262 g/mol. The summed E-state index contributed by atoms with van der Waals surface area (Å²) in [6.07, 6.45) is 5.66. The van der Waals surface area contributed by atoms with Gasteiger partial charge in [-0.25, -0.2) is 13.4 Å². The van der Waals surface area contributed by atoms with Gasteiger partial charge in [0.25, 0.3) is 10.0 Å². The van der Waals surface area contributed by atoms with Crippen LogP contribution in [0.2, 0.25) is 0 Å². The third-order valence-corrected chi connectivity index (χ3v) is 5.59. The van der Waals surface area contributed by atoms with Crippen LogP contribution in [-0.4, -0.2) is 30.3 Å². The molecule has 0 saturated heterocycles. The molecule has 0 radical (unpaired) electrons. The van der Waals surface area contributed by atoms with Gasteiger partial charge < -0.3 is 5.73 Å². The Kier molecular flexibility index (Phi) is 4.54. The molecular formula is C13H21N3O2S. The average molecular weight is 283 g/mol. The van der Waals surface area contributed by atoms with E-state index < -0.39 is 10.0 Å². The summed E-state index contributed by atoms with van der Waals surface area (Å²) < 4.78 is 26.8. The van der Waals surface area contributed by atoms with Crippen molar-refractivity contribution in [1.29, 1.82) is 0 Å². The quantitative estimate of drug-likeness (QED) is 0.888. The van der Waals surface area contributed by atoms with Crippen LogP contribution in [0.3, 0.4) is 0 Å². The lowest BCUT2D eigenvalue weighted by Gasteiger charge is -2.26. The molecule has 1 aromatic rings. The van der Waals surface area contributed by atoms with E-state index in [4.69, 9.17) is 5.73 Å². The third kappa shape index (κ3) is 2.96. The zero-order chi connectivity index (χ0) is 13.9. The van der Waals surface area contributed by atoms with E-state index in [1.165, 1.54) is 6.20 Å². The largest absolute Gasteiger partial charge is 0.326 e. The molecule has 1 aromatic heterocycles. The van der Waals surface area contributed by atoms with Crippen molar-refractivity contribution in [2.75, 3.05) is 6.54 Å². The topological polar surface area (TPSA) is 76.3 Å². The van der Waals surface area contributed by atoms with E-state index in [2.05, 4.69) is 4.98 Å². The first-order chi connectivity index (χ1) is 9.09. The minimum Gasteiger partial charge on any atom is -0.326 e. The lowest BCUT2D eigenvalue weighted by atomic mass is 10.2. The van der Waals surface area contributed by atoms with Crippen LogP contribution in [-0.2, 0) is 16.6 Å². The molecule has 6 heteroatoms. The van der Waals surface area contributed by atoms with E-state index in [0.717, 1.165) is 31.2 Å². The van der Waals surface area contributed by atoms with Gasteiger partial charge in [-0.1, -0.05) is 25.8 Å². The van der Waals surface area contributed by atoms with Gasteiger partial charge in [0.2, 0.25) is 0 Å². The average Bonchev–Trinajstić information content (AvgIpc) is 2.93. The van der Waals surface area contributed by atoms with Gasteiger partial charge in [-0.3, -0.25) is 0 Å². The second-order valence-electron chi connectivity index (χ2n) is 4.86. The predicted octanol–water partition coefficient (Wildman–Crippen LogP) is 1.49. The Labute approximate surface area is 114 Å². The van der Waals surface area contributed by atoms with E-state index >= 15 is 0 Å². The number of nitrogens with zero attached hydrogens (tertiary/aromatic N) is 2. The summed E-state index contributed by atoms with van der Waals surface area (Å²) in [6, 6.07) is 3.41. The van der Waals surface area contributed by atoms with Crippen LogP contribution in [0.25, 0.3) is 0 Å². The monoisotopic (exact) mass is 283 g/mol. The highest BCUT2D eigenvalue weighted by Crippen LogP contribution is 2.27. The summed E-state index contributed by atoms with van der Waals surface area (Å²) in [7, 11) is -3.48. The number of aromatic nitrogens is 1. The summed E-state index contributed by atoms with van der Waals surface area (Å²) in [5, 5.41) is 0.124. The SMILES string of the molecule is CCN(C1CCCC1)S(=O)(=O)c1ccc(CN)cn1. The number of hydrogen-bond acceptors (Lipinski definition) is 4. The van der Waals surface area contributed by atoms with Gasteiger partial charge in [0.1, 0.15) is 0 Å². The Morgan fingerprint density at radius 3 is 2.53 bits per heavy atom. The number of sulfonamides is 1. The van der Waals surface area contributed by atoms with Crippen molar-refractivity contribution in [2.45, 2.75) is 50.2 Å². The summed E-state index contributed by atoms with van der Waals surface area (Å²) in [5.74, 6) is 0. The molecule has 1 aliphatic carbocycles. The molecule has 2 N–H and O–H groups in total. The summed E-state index contributed by atoms with van der Waals surface area (Å²) in [5.41, 5.74) is 6.33. The Morgan fingerprint density at radius 2 is 2.05 bits per heavy atom. The fraction of sp³-hybridized carbons (Fsp3) is 0.615. The van der Waals surface area contributed by atoms with Gasteiger partial charge in [-0.15, -0.1) is 0 Å². The highest BCUT2D eigenvalue weighted by Gasteiger charge is 2.32. The molecule has 0 amide bonds. The van der Waals surface area contributed by atoms with Crippen LogP contribution < -0.4 is 5.73 Å². The Bertz CT molecular complexity index is 507. The van der Waals surface area contributed by atoms with Gasteiger partial charge >= 0.3 is 0 Å². The zero-order valence-corrected chi connectivity index (χ0v) is 12.1. The highest BCUT2D eigenvalue weighted by atomic mass is 32.2. The summed E-state index contributed by atoms with van der Waals surface area (Å²) in [4.78, 5) is 4.05. The lowest BCUT2D eigenvalue weighted by Crippen LogP contribution is -2.38. The Morgan fingerprint density at radius 1 is 1.37 bits per heavy atom. The first-order valence-electron chi connectivity index (χ1n) is 6.76. The van der Waals surface area contributed by atoms with Gasteiger partial charge in [0.05, 0.1) is 0 Å². The van der Waals surface area contributed by atoms with E-state index in [0.29, 0.717) is 13.1 Å². The smallest absolute Gasteiger partial charge is 0.260 e. The van der Waals surface area contributed by atoms with Gasteiger partial charge in [-0.2, -0.15) is 4.31 Å². The predicted molar refractivity (Wildman–Crippen MR) is 74.0 cm³/mol. The maximum Gasteiger partial charge on any atom is 0.260 e. The van der Waals surface area contributed by atoms with Crippen molar-refractivity contribution in [3.63, 3.8) is 0 Å². The third-order valence-electron chi connectivity index (χ3n) is 3.65. The molecule has 1 fully saturated rings. The van der Waals surface area contributed by atoms with Crippen LogP contribution >= 0.6 is 0 Å². The van der Waals surface area contributed by atoms with E-state index in [-0.39, 0.29) is 11.1 Å². The van der Waals surface area contributed by atoms with Crippen LogP contribution in [0, 0.1) is 0 Å². The lowest BCUT2D eigenvalue weighted by molar-refractivity contribution is 0.334. The maximum absolute atomic E-state index is 12.6. The molecule has 1 saturated carbocycles. The van der Waals surface area contributed by atoms with E-state index in [1.807, 2.05) is 6.92 Å². The second-order valence-corrected chi connectivity index (χ2v) is 6.69. The fourth-order valence-electron chi connectivity index (χ4n) is 2.62. The molecule has 0 unspecified atom stereocenters. The number of hydrogen-bond donors (Lipinski definition) is 1. The molecule has 2 rings (SSSR count). The number of nitrogens with two attached hydrogens (primary N) is 1. The van der Waals surface area contributed by atoms with E-state index in [1.54, 1.807) is 16.4 Å². The highest BCUT2D eigenvalue weighted by molar-refractivity contribution is 7.89. The zero-order valence-electron chi connectivity index (χ0n) is 11.2. The Hall–Kier alpha value is -0.980.